The Labute approximate surface area is 211 Å². The van der Waals surface area contributed by atoms with E-state index in [0.717, 1.165) is 11.1 Å². The van der Waals surface area contributed by atoms with Gasteiger partial charge in [0.1, 0.15) is 13.2 Å². The summed E-state index contributed by atoms with van der Waals surface area (Å²) in [5.41, 5.74) is 3.87. The quantitative estimate of drug-likeness (QED) is 0.256. The van der Waals surface area contributed by atoms with E-state index in [-0.39, 0.29) is 24.0 Å². The molecule has 0 saturated carbocycles. The average Bonchev–Trinajstić information content (AvgIpc) is 2.94. The van der Waals surface area contributed by atoms with Crippen molar-refractivity contribution in [1.29, 1.82) is 0 Å². The lowest BCUT2D eigenvalue weighted by atomic mass is 10.0. The van der Waals surface area contributed by atoms with Crippen LogP contribution in [-0.2, 0) is 22.7 Å². The van der Waals surface area contributed by atoms with Crippen molar-refractivity contribution >= 4 is 55.7 Å². The molecule has 0 spiro atoms. The molecule has 0 fully saturated rings. The third kappa shape index (κ3) is 3.89. The number of pyridine rings is 2. The number of nitrogens with one attached hydrogen (secondary N) is 1. The Balaban J connectivity index is 1.50. The van der Waals surface area contributed by atoms with Crippen molar-refractivity contribution in [2.45, 2.75) is 13.2 Å². The van der Waals surface area contributed by atoms with E-state index >= 15 is 0 Å². The number of H-pyrrole nitrogens is 1. The molecule has 2 aromatic heterocycles. The summed E-state index contributed by atoms with van der Waals surface area (Å²) in [6, 6.07) is 25.4. The van der Waals surface area contributed by atoms with Crippen LogP contribution in [0, 0.1) is 0 Å². The Bertz CT molecular complexity index is 2000. The van der Waals surface area contributed by atoms with Gasteiger partial charge in [0.2, 0.25) is 0 Å². The Morgan fingerprint density at radius 3 is 2.38 bits per heavy atom. The van der Waals surface area contributed by atoms with Gasteiger partial charge in [-0.05, 0) is 53.6 Å². The number of benzene rings is 4. The SMILES string of the molecule is C=Cc1cccc(COC(=O)Cn2c3ccccc3c(=O)c3cc4[nH]c5ccccc5c(=O)c4cc32)c1. The summed E-state index contributed by atoms with van der Waals surface area (Å²) in [7, 11) is 0. The predicted molar refractivity (Wildman–Crippen MR) is 148 cm³/mol. The molecule has 0 atom stereocenters. The fraction of sp³-hybridized carbons (Fsp3) is 0.0645. The topological polar surface area (TPSA) is 81.2 Å². The lowest BCUT2D eigenvalue weighted by Crippen LogP contribution is -2.18. The Kier molecular flexibility index (Phi) is 5.42. The second kappa shape index (κ2) is 8.91. The molecular formula is C31H22N2O4. The minimum atomic E-state index is -0.452. The average molecular weight is 487 g/mol. The molecule has 6 heteroatoms. The number of nitrogens with zero attached hydrogens (tertiary/aromatic N) is 1. The fourth-order valence-electron chi connectivity index (χ4n) is 4.86. The molecule has 0 aliphatic carbocycles. The van der Waals surface area contributed by atoms with E-state index in [4.69, 9.17) is 4.74 Å². The minimum absolute atomic E-state index is 0.116. The van der Waals surface area contributed by atoms with Crippen LogP contribution in [0.1, 0.15) is 11.1 Å². The van der Waals surface area contributed by atoms with Gasteiger partial charge in [0.15, 0.2) is 10.9 Å². The zero-order chi connectivity index (χ0) is 25.5. The maximum atomic E-state index is 13.5. The van der Waals surface area contributed by atoms with Gasteiger partial charge in [-0.15, -0.1) is 0 Å². The lowest BCUT2D eigenvalue weighted by Gasteiger charge is -2.16. The molecule has 0 radical (unpaired) electrons. The van der Waals surface area contributed by atoms with Crippen molar-refractivity contribution in [3.63, 3.8) is 0 Å². The van der Waals surface area contributed by atoms with Crippen LogP contribution in [0.4, 0.5) is 0 Å². The highest BCUT2D eigenvalue weighted by atomic mass is 16.5. The van der Waals surface area contributed by atoms with Gasteiger partial charge in [-0.25, -0.2) is 0 Å². The van der Waals surface area contributed by atoms with Crippen molar-refractivity contribution in [3.8, 4) is 0 Å². The smallest absolute Gasteiger partial charge is 0.326 e. The monoisotopic (exact) mass is 486 g/mol. The van der Waals surface area contributed by atoms with Gasteiger partial charge in [0.25, 0.3) is 0 Å². The summed E-state index contributed by atoms with van der Waals surface area (Å²) in [4.78, 5) is 43.1. The first kappa shape index (κ1) is 22.5. The van der Waals surface area contributed by atoms with Crippen molar-refractivity contribution in [3.05, 3.63) is 123 Å². The van der Waals surface area contributed by atoms with Gasteiger partial charge in [-0.2, -0.15) is 0 Å². The highest BCUT2D eigenvalue weighted by Gasteiger charge is 2.16. The van der Waals surface area contributed by atoms with E-state index in [1.165, 1.54) is 0 Å². The third-order valence-corrected chi connectivity index (χ3v) is 6.67. The Morgan fingerprint density at radius 2 is 1.54 bits per heavy atom. The summed E-state index contributed by atoms with van der Waals surface area (Å²) in [5.74, 6) is -0.452. The molecule has 6 aromatic rings. The van der Waals surface area contributed by atoms with Crippen molar-refractivity contribution in [2.75, 3.05) is 0 Å². The van der Waals surface area contributed by atoms with Gasteiger partial charge in [-0.1, -0.05) is 55.1 Å². The van der Waals surface area contributed by atoms with Gasteiger partial charge < -0.3 is 14.3 Å². The van der Waals surface area contributed by atoms with Crippen molar-refractivity contribution in [1.82, 2.24) is 9.55 Å². The van der Waals surface area contributed by atoms with E-state index in [1.807, 2.05) is 48.5 Å². The molecule has 1 N–H and O–H groups in total. The lowest BCUT2D eigenvalue weighted by molar-refractivity contribution is -0.145. The molecule has 180 valence electrons. The molecule has 0 amide bonds. The number of carbonyl (C=O) groups excluding carboxylic acids is 1. The molecule has 2 heterocycles. The standard InChI is InChI=1S/C31H22N2O4/c1-2-19-8-7-9-20(14-19)18-37-29(34)17-33-27-13-6-4-11-22(27)31(36)24-15-26-23(16-28(24)33)30(35)21-10-3-5-12-25(21)32-26/h2-16H,1,17-18H2,(H,32,35). The van der Waals surface area contributed by atoms with E-state index < -0.39 is 5.97 Å². The van der Waals surface area contributed by atoms with Gasteiger partial charge >= 0.3 is 5.97 Å². The van der Waals surface area contributed by atoms with E-state index in [2.05, 4.69) is 11.6 Å². The summed E-state index contributed by atoms with van der Waals surface area (Å²) in [5, 5.41) is 1.92. The molecule has 0 aliphatic rings. The van der Waals surface area contributed by atoms with E-state index in [0.29, 0.717) is 43.6 Å². The predicted octanol–water partition coefficient (Wildman–Crippen LogP) is 5.54. The highest BCUT2D eigenvalue weighted by Crippen LogP contribution is 2.24. The molecule has 6 nitrogen and oxygen atoms in total. The molecule has 0 saturated heterocycles. The van der Waals surface area contributed by atoms with Crippen LogP contribution >= 0.6 is 0 Å². The second-order valence-electron chi connectivity index (χ2n) is 8.96. The van der Waals surface area contributed by atoms with E-state index in [9.17, 15) is 14.4 Å². The number of hydrogen-bond acceptors (Lipinski definition) is 4. The number of para-hydroxylation sites is 2. The van der Waals surface area contributed by atoms with Crippen molar-refractivity contribution < 1.29 is 9.53 Å². The number of aromatic nitrogens is 2. The Morgan fingerprint density at radius 1 is 0.784 bits per heavy atom. The highest BCUT2D eigenvalue weighted by molar-refractivity contribution is 6.03. The van der Waals surface area contributed by atoms with Crippen molar-refractivity contribution in [2.24, 2.45) is 0 Å². The fourth-order valence-corrected chi connectivity index (χ4v) is 4.86. The summed E-state index contributed by atoms with van der Waals surface area (Å²) in [6.45, 7) is 3.77. The van der Waals surface area contributed by atoms with Crippen LogP contribution in [-0.4, -0.2) is 15.5 Å². The van der Waals surface area contributed by atoms with Crippen LogP contribution < -0.4 is 10.9 Å². The number of rotatable bonds is 5. The molecule has 0 aliphatic heterocycles. The zero-order valence-electron chi connectivity index (χ0n) is 19.9. The molecule has 6 rings (SSSR count). The van der Waals surface area contributed by atoms with Crippen LogP contribution in [0.25, 0.3) is 49.7 Å². The largest absolute Gasteiger partial charge is 0.459 e. The van der Waals surface area contributed by atoms with Gasteiger partial charge in [-0.3, -0.25) is 14.4 Å². The first-order chi connectivity index (χ1) is 18.0. The van der Waals surface area contributed by atoms with Crippen LogP contribution in [0.5, 0.6) is 0 Å². The maximum Gasteiger partial charge on any atom is 0.326 e. The first-order valence-electron chi connectivity index (χ1n) is 11.9. The normalized spacial score (nSPS) is 11.4. The molecular weight excluding hydrogens is 464 g/mol. The number of hydrogen-bond donors (Lipinski definition) is 1. The van der Waals surface area contributed by atoms with Crippen LogP contribution in [0.2, 0.25) is 0 Å². The summed E-state index contributed by atoms with van der Waals surface area (Å²) >= 11 is 0. The molecule has 0 bridgehead atoms. The summed E-state index contributed by atoms with van der Waals surface area (Å²) < 4.78 is 7.34. The summed E-state index contributed by atoms with van der Waals surface area (Å²) in [6.07, 6.45) is 1.74. The minimum Gasteiger partial charge on any atom is -0.459 e. The number of carbonyl (C=O) groups is 1. The third-order valence-electron chi connectivity index (χ3n) is 6.67. The maximum absolute atomic E-state index is 13.5. The van der Waals surface area contributed by atoms with Crippen LogP contribution in [0.15, 0.2) is 101 Å². The van der Waals surface area contributed by atoms with Gasteiger partial charge in [0.05, 0.1) is 16.6 Å². The number of aromatic amines is 1. The number of esters is 1. The number of ether oxygens (including phenoxy) is 1. The number of fused-ring (bicyclic) bond motifs is 4. The van der Waals surface area contributed by atoms with Gasteiger partial charge in [0, 0.05) is 27.1 Å². The Hall–Kier alpha value is -4.97. The second-order valence-corrected chi connectivity index (χ2v) is 8.96. The molecule has 37 heavy (non-hydrogen) atoms. The van der Waals surface area contributed by atoms with E-state index in [1.54, 1.807) is 47.0 Å². The molecule has 0 unspecified atom stereocenters. The van der Waals surface area contributed by atoms with Crippen LogP contribution in [0.3, 0.4) is 0 Å². The zero-order valence-corrected chi connectivity index (χ0v) is 19.9. The first-order valence-corrected chi connectivity index (χ1v) is 11.9. The molecule has 4 aromatic carbocycles.